The molecule has 0 radical (unpaired) electrons. The van der Waals surface area contributed by atoms with Crippen LogP contribution >= 0.6 is 0 Å². The Labute approximate surface area is 150 Å². The van der Waals surface area contributed by atoms with Crippen LogP contribution in [0.25, 0.3) is 22.5 Å². The highest BCUT2D eigenvalue weighted by atomic mass is 16.3. The van der Waals surface area contributed by atoms with Gasteiger partial charge in [0.1, 0.15) is 11.8 Å². The Morgan fingerprint density at radius 2 is 2.04 bits per heavy atom. The molecule has 2 aromatic carbocycles. The molecule has 1 amide bonds. The van der Waals surface area contributed by atoms with E-state index >= 15 is 0 Å². The van der Waals surface area contributed by atoms with E-state index in [9.17, 15) is 4.79 Å². The smallest absolute Gasteiger partial charge is 0.253 e. The number of oxazole rings is 1. The Hall–Kier alpha value is -3.41. The van der Waals surface area contributed by atoms with Gasteiger partial charge in [0.05, 0.1) is 23.1 Å². The lowest BCUT2D eigenvalue weighted by atomic mass is 10.1. The molecule has 26 heavy (non-hydrogen) atoms. The van der Waals surface area contributed by atoms with Gasteiger partial charge in [-0.2, -0.15) is 0 Å². The number of aryl methyl sites for hydroxylation is 1. The van der Waals surface area contributed by atoms with E-state index in [1.807, 2.05) is 43.3 Å². The first-order valence-corrected chi connectivity index (χ1v) is 8.42. The monoisotopic (exact) mass is 346 g/mol. The number of amides is 1. The highest BCUT2D eigenvalue weighted by Crippen LogP contribution is 2.19. The van der Waals surface area contributed by atoms with Gasteiger partial charge >= 0.3 is 0 Å². The van der Waals surface area contributed by atoms with Crippen molar-refractivity contribution in [3.8, 4) is 11.5 Å². The van der Waals surface area contributed by atoms with Gasteiger partial charge in [0.15, 0.2) is 0 Å². The predicted molar refractivity (Wildman–Crippen MR) is 98.8 cm³/mol. The summed E-state index contributed by atoms with van der Waals surface area (Å²) in [4.78, 5) is 24.1. The van der Waals surface area contributed by atoms with Crippen LogP contribution in [-0.4, -0.2) is 27.4 Å². The Kier molecular flexibility index (Phi) is 4.23. The molecule has 0 fully saturated rings. The number of para-hydroxylation sites is 1. The second-order valence-corrected chi connectivity index (χ2v) is 6.12. The molecular weight excluding hydrogens is 328 g/mol. The van der Waals surface area contributed by atoms with Crippen LogP contribution in [-0.2, 0) is 6.42 Å². The normalized spacial score (nSPS) is 11.0. The number of aromatic amines is 1. The Morgan fingerprint density at radius 3 is 2.88 bits per heavy atom. The summed E-state index contributed by atoms with van der Waals surface area (Å²) in [5.74, 6) is 0.442. The molecule has 0 saturated heterocycles. The average Bonchev–Trinajstić information content (AvgIpc) is 3.31. The van der Waals surface area contributed by atoms with Crippen molar-refractivity contribution in [2.24, 2.45) is 0 Å². The second kappa shape index (κ2) is 6.84. The predicted octanol–water partition coefficient (Wildman–Crippen LogP) is 3.50. The number of rotatable bonds is 5. The van der Waals surface area contributed by atoms with E-state index < -0.39 is 0 Å². The van der Waals surface area contributed by atoms with Crippen LogP contribution in [0.15, 0.2) is 59.5 Å². The van der Waals surface area contributed by atoms with Gasteiger partial charge in [0, 0.05) is 18.5 Å². The van der Waals surface area contributed by atoms with Gasteiger partial charge in [-0.3, -0.25) is 4.79 Å². The Balaban J connectivity index is 1.38. The van der Waals surface area contributed by atoms with Crippen LogP contribution in [0.3, 0.4) is 0 Å². The molecule has 0 atom stereocenters. The zero-order valence-corrected chi connectivity index (χ0v) is 14.3. The molecule has 4 aromatic rings. The van der Waals surface area contributed by atoms with Crippen molar-refractivity contribution >= 4 is 16.9 Å². The van der Waals surface area contributed by atoms with Crippen LogP contribution in [0.2, 0.25) is 0 Å². The molecule has 0 unspecified atom stereocenters. The number of fused-ring (bicyclic) bond motifs is 1. The van der Waals surface area contributed by atoms with Gasteiger partial charge in [-0.25, -0.2) is 9.97 Å². The minimum Gasteiger partial charge on any atom is -0.444 e. The molecule has 0 saturated carbocycles. The van der Waals surface area contributed by atoms with E-state index in [-0.39, 0.29) is 5.91 Å². The van der Waals surface area contributed by atoms with Crippen molar-refractivity contribution in [2.75, 3.05) is 6.54 Å². The summed E-state index contributed by atoms with van der Waals surface area (Å²) < 4.78 is 5.54. The molecule has 0 aliphatic carbocycles. The maximum absolute atomic E-state index is 12.4. The average molecular weight is 346 g/mol. The van der Waals surface area contributed by atoms with Crippen LogP contribution < -0.4 is 5.32 Å². The maximum Gasteiger partial charge on any atom is 0.253 e. The van der Waals surface area contributed by atoms with Crippen LogP contribution in [0.5, 0.6) is 0 Å². The molecule has 0 spiro atoms. The van der Waals surface area contributed by atoms with Gasteiger partial charge in [-0.1, -0.05) is 23.8 Å². The fourth-order valence-corrected chi connectivity index (χ4v) is 2.80. The molecule has 4 rings (SSSR count). The SMILES string of the molecule is Cc1ccc(-c2nc(CCNC(=O)c3cccc4[nH]cnc34)co2)cc1. The van der Waals surface area contributed by atoms with E-state index in [1.165, 1.54) is 5.56 Å². The van der Waals surface area contributed by atoms with Crippen molar-refractivity contribution < 1.29 is 9.21 Å². The van der Waals surface area contributed by atoms with Gasteiger partial charge in [0.25, 0.3) is 5.91 Å². The highest BCUT2D eigenvalue weighted by Gasteiger charge is 2.12. The van der Waals surface area contributed by atoms with E-state index in [1.54, 1.807) is 18.7 Å². The standard InChI is InChI=1S/C20H18N4O2/c1-13-5-7-14(8-6-13)20-24-15(11-26-20)9-10-21-19(25)16-3-2-4-17-18(16)23-12-22-17/h2-8,11-12H,9-10H2,1H3,(H,21,25)(H,22,23). The first-order chi connectivity index (χ1) is 12.7. The molecule has 6 nitrogen and oxygen atoms in total. The summed E-state index contributed by atoms with van der Waals surface area (Å²) in [6.45, 7) is 2.51. The highest BCUT2D eigenvalue weighted by molar-refractivity contribution is 6.04. The molecule has 2 N–H and O–H groups in total. The minimum absolute atomic E-state index is 0.148. The van der Waals surface area contributed by atoms with E-state index in [2.05, 4.69) is 20.3 Å². The van der Waals surface area contributed by atoms with Crippen molar-refractivity contribution in [1.82, 2.24) is 20.3 Å². The first-order valence-electron chi connectivity index (χ1n) is 8.42. The molecule has 0 aliphatic rings. The van der Waals surface area contributed by atoms with Crippen molar-refractivity contribution in [3.05, 3.63) is 71.9 Å². The lowest BCUT2D eigenvalue weighted by Crippen LogP contribution is -2.26. The quantitative estimate of drug-likeness (QED) is 0.579. The summed E-state index contributed by atoms with van der Waals surface area (Å²) in [6, 6.07) is 13.5. The fraction of sp³-hybridized carbons (Fsp3) is 0.150. The molecular formula is C20H18N4O2. The fourth-order valence-electron chi connectivity index (χ4n) is 2.80. The van der Waals surface area contributed by atoms with Crippen molar-refractivity contribution in [1.29, 1.82) is 0 Å². The second-order valence-electron chi connectivity index (χ2n) is 6.12. The van der Waals surface area contributed by atoms with Gasteiger partial charge in [-0.15, -0.1) is 0 Å². The van der Waals surface area contributed by atoms with Crippen LogP contribution in [0.1, 0.15) is 21.6 Å². The molecule has 2 heterocycles. The number of carbonyl (C=O) groups excluding carboxylic acids is 1. The molecule has 2 aromatic heterocycles. The third kappa shape index (κ3) is 3.21. The van der Waals surface area contributed by atoms with Crippen LogP contribution in [0.4, 0.5) is 0 Å². The number of hydrogen-bond acceptors (Lipinski definition) is 4. The van der Waals surface area contributed by atoms with E-state index in [4.69, 9.17) is 4.42 Å². The largest absolute Gasteiger partial charge is 0.444 e. The summed E-state index contributed by atoms with van der Waals surface area (Å²) in [6.07, 6.45) is 3.82. The third-order valence-corrected chi connectivity index (χ3v) is 4.21. The number of nitrogens with one attached hydrogen (secondary N) is 2. The van der Waals surface area contributed by atoms with Crippen molar-refractivity contribution in [2.45, 2.75) is 13.3 Å². The summed E-state index contributed by atoms with van der Waals surface area (Å²) in [7, 11) is 0. The number of aromatic nitrogens is 3. The summed E-state index contributed by atoms with van der Waals surface area (Å²) >= 11 is 0. The lowest BCUT2D eigenvalue weighted by molar-refractivity contribution is 0.0955. The van der Waals surface area contributed by atoms with E-state index in [0.29, 0.717) is 29.9 Å². The van der Waals surface area contributed by atoms with Gasteiger partial charge in [-0.05, 0) is 31.2 Å². The minimum atomic E-state index is -0.148. The lowest BCUT2D eigenvalue weighted by Gasteiger charge is -2.04. The van der Waals surface area contributed by atoms with Crippen LogP contribution in [0, 0.1) is 6.92 Å². The molecule has 0 aliphatic heterocycles. The number of benzene rings is 2. The summed E-state index contributed by atoms with van der Waals surface area (Å²) in [5, 5.41) is 2.91. The first kappa shape index (κ1) is 16.1. The maximum atomic E-state index is 12.4. The number of carbonyl (C=O) groups is 1. The molecule has 130 valence electrons. The number of hydrogen-bond donors (Lipinski definition) is 2. The van der Waals surface area contributed by atoms with Gasteiger partial charge < -0.3 is 14.7 Å². The third-order valence-electron chi connectivity index (χ3n) is 4.21. The Bertz CT molecular complexity index is 1050. The Morgan fingerprint density at radius 1 is 1.19 bits per heavy atom. The van der Waals surface area contributed by atoms with Gasteiger partial charge in [0.2, 0.25) is 5.89 Å². The zero-order valence-electron chi connectivity index (χ0n) is 14.3. The van der Waals surface area contributed by atoms with E-state index in [0.717, 1.165) is 16.8 Å². The topological polar surface area (TPSA) is 83.8 Å². The number of imidazole rings is 1. The zero-order chi connectivity index (χ0) is 17.9. The molecule has 0 bridgehead atoms. The van der Waals surface area contributed by atoms with Crippen molar-refractivity contribution in [3.63, 3.8) is 0 Å². The summed E-state index contributed by atoms with van der Waals surface area (Å²) in [5.41, 5.74) is 5.01. The number of nitrogens with zero attached hydrogens (tertiary/aromatic N) is 2. The molecule has 6 heteroatoms. The number of H-pyrrole nitrogens is 1.